The van der Waals surface area contributed by atoms with Crippen LogP contribution in [0.4, 0.5) is 11.4 Å². The quantitative estimate of drug-likeness (QED) is 0.211. The van der Waals surface area contributed by atoms with Crippen LogP contribution in [-0.4, -0.2) is 0 Å². The molecule has 0 atom stereocenters. The van der Waals surface area contributed by atoms with Gasteiger partial charge in [-0.2, -0.15) is 0 Å². The average Bonchev–Trinajstić information content (AvgIpc) is 3.35. The molecule has 0 fully saturated rings. The van der Waals surface area contributed by atoms with Crippen molar-refractivity contribution in [1.29, 1.82) is 0 Å². The molecule has 3 nitrogen and oxygen atoms in total. The van der Waals surface area contributed by atoms with Gasteiger partial charge in [-0.15, -0.1) is 0 Å². The number of nitrogen functional groups attached to an aromatic ring is 2. The molecule has 0 radical (unpaired) electrons. The molecule has 1 aromatic heterocycles. The smallest absolute Gasteiger partial charge is 0.146 e. The monoisotopic (exact) mass is 558 g/mol. The molecule has 0 aliphatic rings. The average molecular weight is 559 g/mol. The van der Waals surface area contributed by atoms with Gasteiger partial charge in [-0.1, -0.05) is 119 Å². The van der Waals surface area contributed by atoms with Crippen LogP contribution in [0.5, 0.6) is 0 Å². The van der Waals surface area contributed by atoms with Crippen LogP contribution in [0, 0.1) is 27.7 Å². The van der Waals surface area contributed by atoms with Crippen molar-refractivity contribution in [2.24, 2.45) is 0 Å². The second-order valence-corrected chi connectivity index (χ2v) is 11.7. The van der Waals surface area contributed by atoms with Gasteiger partial charge in [-0.05, 0) is 62.1 Å². The Morgan fingerprint density at radius 2 is 0.884 bits per heavy atom. The number of benzene rings is 6. The first-order chi connectivity index (χ1) is 20.8. The van der Waals surface area contributed by atoms with Crippen LogP contribution in [0.2, 0.25) is 0 Å². The van der Waals surface area contributed by atoms with Crippen LogP contribution in [0.25, 0.3) is 66.4 Å². The Morgan fingerprint density at radius 1 is 0.442 bits per heavy atom. The molecular formula is C40H34N2O. The van der Waals surface area contributed by atoms with E-state index in [1.807, 2.05) is 6.07 Å². The minimum absolute atomic E-state index is 0.679. The van der Waals surface area contributed by atoms with Crippen molar-refractivity contribution in [3.05, 3.63) is 131 Å². The number of fused-ring (bicyclic) bond motifs is 3. The van der Waals surface area contributed by atoms with Gasteiger partial charge in [0.2, 0.25) is 0 Å². The zero-order chi connectivity index (χ0) is 29.8. The van der Waals surface area contributed by atoms with E-state index in [1.165, 1.54) is 11.1 Å². The highest BCUT2D eigenvalue weighted by Gasteiger charge is 2.27. The highest BCUT2D eigenvalue weighted by Crippen LogP contribution is 2.53. The number of furan rings is 1. The predicted molar refractivity (Wildman–Crippen MR) is 183 cm³/mol. The van der Waals surface area contributed by atoms with Crippen molar-refractivity contribution in [3.63, 3.8) is 0 Å². The first-order valence-electron chi connectivity index (χ1n) is 14.7. The maximum Gasteiger partial charge on any atom is 0.146 e. The van der Waals surface area contributed by atoms with E-state index in [0.717, 1.165) is 77.6 Å². The summed E-state index contributed by atoms with van der Waals surface area (Å²) in [5.41, 5.74) is 29.7. The Morgan fingerprint density at radius 3 is 1.37 bits per heavy atom. The zero-order valence-electron chi connectivity index (χ0n) is 25.0. The molecule has 43 heavy (non-hydrogen) atoms. The fourth-order valence-electron chi connectivity index (χ4n) is 6.48. The maximum absolute atomic E-state index is 7.33. The van der Waals surface area contributed by atoms with Crippen molar-refractivity contribution in [3.8, 4) is 44.5 Å². The molecule has 0 spiro atoms. The van der Waals surface area contributed by atoms with Crippen LogP contribution in [0.15, 0.2) is 114 Å². The first-order valence-corrected chi connectivity index (χ1v) is 14.7. The predicted octanol–water partition coefficient (Wildman–Crippen LogP) is 10.7. The van der Waals surface area contributed by atoms with E-state index in [4.69, 9.17) is 15.9 Å². The maximum atomic E-state index is 7.33. The summed E-state index contributed by atoms with van der Waals surface area (Å²) in [6, 6.07) is 38.2. The van der Waals surface area contributed by atoms with Gasteiger partial charge in [0.15, 0.2) is 0 Å². The second-order valence-electron chi connectivity index (χ2n) is 11.7. The van der Waals surface area contributed by atoms with E-state index in [1.54, 1.807) is 0 Å². The highest BCUT2D eigenvalue weighted by atomic mass is 16.3. The summed E-state index contributed by atoms with van der Waals surface area (Å²) in [6.45, 7) is 8.45. The second kappa shape index (κ2) is 10.2. The molecule has 210 valence electrons. The molecule has 0 saturated carbocycles. The summed E-state index contributed by atoms with van der Waals surface area (Å²) in [7, 11) is 0. The summed E-state index contributed by atoms with van der Waals surface area (Å²) in [5.74, 6) is 0. The third kappa shape index (κ3) is 4.45. The van der Waals surface area contributed by atoms with Crippen LogP contribution < -0.4 is 11.5 Å². The molecule has 0 aliphatic carbocycles. The number of aryl methyl sites for hydroxylation is 4. The van der Waals surface area contributed by atoms with E-state index in [0.29, 0.717) is 11.4 Å². The Hall–Kier alpha value is -5.28. The van der Waals surface area contributed by atoms with Gasteiger partial charge in [-0.25, -0.2) is 0 Å². The molecule has 6 aromatic carbocycles. The van der Waals surface area contributed by atoms with Gasteiger partial charge in [0.25, 0.3) is 0 Å². The topological polar surface area (TPSA) is 65.2 Å². The normalized spacial score (nSPS) is 11.4. The molecular weight excluding hydrogens is 524 g/mol. The highest BCUT2D eigenvalue weighted by molar-refractivity contribution is 6.25. The van der Waals surface area contributed by atoms with Gasteiger partial charge in [0, 0.05) is 38.7 Å². The van der Waals surface area contributed by atoms with Crippen LogP contribution in [0.3, 0.4) is 0 Å². The summed E-state index contributed by atoms with van der Waals surface area (Å²) < 4.78 is 7.01. The van der Waals surface area contributed by atoms with Crippen LogP contribution in [0.1, 0.15) is 22.3 Å². The van der Waals surface area contributed by atoms with Gasteiger partial charge in [0.1, 0.15) is 11.2 Å². The van der Waals surface area contributed by atoms with Crippen molar-refractivity contribution in [1.82, 2.24) is 0 Å². The number of nitrogens with two attached hydrogens (primary N) is 2. The third-order valence-corrected chi connectivity index (χ3v) is 8.38. The number of anilines is 2. The van der Waals surface area contributed by atoms with E-state index >= 15 is 0 Å². The van der Waals surface area contributed by atoms with Crippen molar-refractivity contribution in [2.75, 3.05) is 11.5 Å². The summed E-state index contributed by atoms with van der Waals surface area (Å²) in [5, 5.41) is 2.05. The Balaban J connectivity index is 1.75. The lowest BCUT2D eigenvalue weighted by Crippen LogP contribution is -1.99. The molecule has 1 heterocycles. The molecule has 0 unspecified atom stereocenters. The molecule has 4 N–H and O–H groups in total. The van der Waals surface area contributed by atoms with E-state index in [2.05, 4.69) is 131 Å². The minimum atomic E-state index is 0.679. The Kier molecular flexibility index (Phi) is 6.32. The van der Waals surface area contributed by atoms with Gasteiger partial charge in [-0.3, -0.25) is 0 Å². The van der Waals surface area contributed by atoms with E-state index < -0.39 is 0 Å². The van der Waals surface area contributed by atoms with Gasteiger partial charge in [0.05, 0.1) is 5.69 Å². The van der Waals surface area contributed by atoms with Gasteiger partial charge >= 0.3 is 0 Å². The summed E-state index contributed by atoms with van der Waals surface area (Å²) in [4.78, 5) is 0. The summed E-state index contributed by atoms with van der Waals surface area (Å²) >= 11 is 0. The third-order valence-electron chi connectivity index (χ3n) is 8.38. The Bertz CT molecular complexity index is 2200. The number of hydrogen-bond acceptors (Lipinski definition) is 3. The van der Waals surface area contributed by atoms with Crippen molar-refractivity contribution >= 4 is 33.3 Å². The van der Waals surface area contributed by atoms with Crippen molar-refractivity contribution < 1.29 is 4.42 Å². The number of rotatable bonds is 4. The van der Waals surface area contributed by atoms with Crippen LogP contribution in [-0.2, 0) is 0 Å². The number of hydrogen-bond donors (Lipinski definition) is 2. The Labute approximate surface area is 252 Å². The molecule has 0 saturated heterocycles. The molecule has 0 aliphatic heterocycles. The first kappa shape index (κ1) is 26.6. The van der Waals surface area contributed by atoms with E-state index in [-0.39, 0.29) is 0 Å². The zero-order valence-corrected chi connectivity index (χ0v) is 25.0. The molecule has 7 aromatic rings. The lowest BCUT2D eigenvalue weighted by Gasteiger charge is -2.20. The lowest BCUT2D eigenvalue weighted by molar-refractivity contribution is 0.671. The largest absolute Gasteiger partial charge is 0.455 e. The van der Waals surface area contributed by atoms with Gasteiger partial charge < -0.3 is 15.9 Å². The summed E-state index contributed by atoms with van der Waals surface area (Å²) in [6.07, 6.45) is 0. The molecule has 0 bridgehead atoms. The van der Waals surface area contributed by atoms with Crippen LogP contribution >= 0.6 is 0 Å². The van der Waals surface area contributed by atoms with E-state index in [9.17, 15) is 0 Å². The SMILES string of the molecule is Cc1cccc(-c2c(N)c(-c3cccc(C)c3)c3oc4c(-c5cccc(C)c5)c(N)ccc4c3c2-c2cccc(C)c2)c1. The van der Waals surface area contributed by atoms with Crippen molar-refractivity contribution in [2.45, 2.75) is 27.7 Å². The molecule has 0 amide bonds. The standard InChI is InChI=1S/C40H34N2O/c1-23-9-5-13-27(19-23)33-32(41)18-17-31-37-34(28-14-6-10-24(2)20-28)35(29-15-7-11-25(3)21-29)38(42)36(40(37)43-39(31)33)30-16-8-12-26(4)22-30/h5-22H,41-42H2,1-4H3. The molecule has 7 rings (SSSR count). The lowest BCUT2D eigenvalue weighted by atomic mass is 9.84. The minimum Gasteiger partial charge on any atom is -0.455 e. The fraction of sp³-hybridized carbons (Fsp3) is 0.100. The fourth-order valence-corrected chi connectivity index (χ4v) is 6.48. The molecule has 3 heteroatoms.